The third-order valence-corrected chi connectivity index (χ3v) is 3.08. The van der Waals surface area contributed by atoms with Crippen LogP contribution in [0.1, 0.15) is 17.5 Å². The molecule has 1 aliphatic rings. The molecule has 0 aromatic heterocycles. The third-order valence-electron chi connectivity index (χ3n) is 2.73. The molecular weight excluding hydrogens is 198 g/mol. The van der Waals surface area contributed by atoms with Crippen LogP contribution in [0.15, 0.2) is 18.2 Å². The van der Waals surface area contributed by atoms with Crippen molar-refractivity contribution in [3.05, 3.63) is 34.3 Å². The van der Waals surface area contributed by atoms with Crippen LogP contribution in [0, 0.1) is 0 Å². The maximum Gasteiger partial charge on any atom is 0.0453 e. The van der Waals surface area contributed by atoms with E-state index in [0.29, 0.717) is 6.04 Å². The molecule has 0 fully saturated rings. The van der Waals surface area contributed by atoms with Crippen LogP contribution in [0.4, 0.5) is 0 Å². The lowest BCUT2D eigenvalue weighted by molar-refractivity contribution is 0.260. The van der Waals surface area contributed by atoms with Crippen LogP contribution in [-0.2, 0) is 13.0 Å². The van der Waals surface area contributed by atoms with E-state index >= 15 is 0 Å². The second kappa shape index (κ2) is 4.30. The van der Waals surface area contributed by atoms with Gasteiger partial charge in [-0.25, -0.2) is 0 Å². The first-order valence-corrected chi connectivity index (χ1v) is 5.29. The highest BCUT2D eigenvalue weighted by Gasteiger charge is 2.18. The molecule has 1 heterocycles. The van der Waals surface area contributed by atoms with Gasteiger partial charge in [-0.2, -0.15) is 0 Å². The molecule has 1 atom stereocenters. The summed E-state index contributed by atoms with van der Waals surface area (Å²) in [5, 5.41) is 13.1. The molecule has 1 aromatic carbocycles. The zero-order chi connectivity index (χ0) is 9.97. The van der Waals surface area contributed by atoms with Crippen molar-refractivity contribution in [2.75, 3.05) is 6.61 Å². The molecule has 2 rings (SSSR count). The molecule has 1 unspecified atom stereocenters. The maximum atomic E-state index is 8.86. The molecule has 14 heavy (non-hydrogen) atoms. The van der Waals surface area contributed by atoms with Crippen LogP contribution in [0.3, 0.4) is 0 Å². The second-order valence-electron chi connectivity index (χ2n) is 3.67. The van der Waals surface area contributed by atoms with E-state index in [4.69, 9.17) is 16.7 Å². The Labute approximate surface area is 88.9 Å². The Morgan fingerprint density at radius 2 is 2.36 bits per heavy atom. The molecular formula is C11H14ClNO. The highest BCUT2D eigenvalue weighted by molar-refractivity contribution is 6.31. The van der Waals surface area contributed by atoms with Crippen LogP contribution >= 0.6 is 11.6 Å². The fourth-order valence-electron chi connectivity index (χ4n) is 1.94. The average molecular weight is 212 g/mol. The summed E-state index contributed by atoms with van der Waals surface area (Å²) < 4.78 is 0. The quantitative estimate of drug-likeness (QED) is 0.781. The standard InChI is InChI=1S/C11H14ClNO/c12-11-3-1-2-8-6-9(4-5-14)13-7-10(8)11/h1-3,9,13-14H,4-7H2. The first-order valence-electron chi connectivity index (χ1n) is 4.92. The smallest absolute Gasteiger partial charge is 0.0453 e. The number of benzene rings is 1. The minimum atomic E-state index is 0.244. The van der Waals surface area contributed by atoms with Gasteiger partial charge in [-0.15, -0.1) is 0 Å². The first kappa shape index (κ1) is 9.97. The molecule has 0 aliphatic carbocycles. The normalized spacial score (nSPS) is 20.6. The van der Waals surface area contributed by atoms with Gasteiger partial charge in [-0.05, 0) is 30.0 Å². The van der Waals surface area contributed by atoms with Crippen molar-refractivity contribution in [2.45, 2.75) is 25.4 Å². The van der Waals surface area contributed by atoms with E-state index in [2.05, 4.69) is 11.4 Å². The van der Waals surface area contributed by atoms with Gasteiger partial charge in [0.2, 0.25) is 0 Å². The average Bonchev–Trinajstić information content (AvgIpc) is 2.18. The predicted molar refractivity (Wildman–Crippen MR) is 57.5 cm³/mol. The molecule has 0 amide bonds. The summed E-state index contributed by atoms with van der Waals surface area (Å²) in [5.41, 5.74) is 2.53. The molecule has 0 saturated carbocycles. The number of hydrogen-bond donors (Lipinski definition) is 2. The van der Waals surface area contributed by atoms with Crippen LogP contribution in [-0.4, -0.2) is 17.8 Å². The largest absolute Gasteiger partial charge is 0.396 e. The van der Waals surface area contributed by atoms with Gasteiger partial charge in [0.15, 0.2) is 0 Å². The summed E-state index contributed by atoms with van der Waals surface area (Å²) in [6, 6.07) is 6.43. The highest BCUT2D eigenvalue weighted by Crippen LogP contribution is 2.24. The van der Waals surface area contributed by atoms with E-state index in [1.54, 1.807) is 0 Å². The molecule has 1 aromatic rings. The minimum absolute atomic E-state index is 0.244. The van der Waals surface area contributed by atoms with Gasteiger partial charge >= 0.3 is 0 Å². The van der Waals surface area contributed by atoms with Crippen molar-refractivity contribution in [2.24, 2.45) is 0 Å². The number of fused-ring (bicyclic) bond motifs is 1. The first-order chi connectivity index (χ1) is 6.81. The molecule has 3 heteroatoms. The summed E-state index contributed by atoms with van der Waals surface area (Å²) in [7, 11) is 0. The van der Waals surface area contributed by atoms with Gasteiger partial charge < -0.3 is 10.4 Å². The van der Waals surface area contributed by atoms with Crippen molar-refractivity contribution in [3.8, 4) is 0 Å². The van der Waals surface area contributed by atoms with Crippen molar-refractivity contribution in [3.63, 3.8) is 0 Å². The number of aliphatic hydroxyl groups excluding tert-OH is 1. The number of hydrogen-bond acceptors (Lipinski definition) is 2. The zero-order valence-electron chi connectivity index (χ0n) is 7.96. The fraction of sp³-hybridized carbons (Fsp3) is 0.455. The summed E-state index contributed by atoms with van der Waals surface area (Å²) in [6.45, 7) is 1.06. The minimum Gasteiger partial charge on any atom is -0.396 e. The summed E-state index contributed by atoms with van der Waals surface area (Å²) in [6.07, 6.45) is 1.78. The Morgan fingerprint density at radius 1 is 1.50 bits per heavy atom. The Bertz CT molecular complexity index is 327. The van der Waals surface area contributed by atoms with Crippen molar-refractivity contribution in [1.29, 1.82) is 0 Å². The molecule has 2 N–H and O–H groups in total. The Kier molecular flexibility index (Phi) is 3.06. The molecule has 0 spiro atoms. The summed E-state index contributed by atoms with van der Waals surface area (Å²) in [5.74, 6) is 0. The van der Waals surface area contributed by atoms with E-state index in [0.717, 1.165) is 24.4 Å². The van der Waals surface area contributed by atoms with Gasteiger partial charge in [0.1, 0.15) is 0 Å². The lowest BCUT2D eigenvalue weighted by Crippen LogP contribution is -2.36. The highest BCUT2D eigenvalue weighted by atomic mass is 35.5. The number of nitrogens with one attached hydrogen (secondary N) is 1. The van der Waals surface area contributed by atoms with E-state index < -0.39 is 0 Å². The lowest BCUT2D eigenvalue weighted by atomic mass is 9.94. The van der Waals surface area contributed by atoms with Gasteiger partial charge in [-0.1, -0.05) is 23.7 Å². The van der Waals surface area contributed by atoms with E-state index in [9.17, 15) is 0 Å². The maximum absolute atomic E-state index is 8.86. The predicted octanol–water partition coefficient (Wildman–Crippen LogP) is 1.74. The Hall–Kier alpha value is -0.570. The van der Waals surface area contributed by atoms with E-state index in [-0.39, 0.29) is 6.61 Å². The van der Waals surface area contributed by atoms with Gasteiger partial charge in [0.25, 0.3) is 0 Å². The fourth-order valence-corrected chi connectivity index (χ4v) is 2.20. The molecule has 76 valence electrons. The molecule has 1 aliphatic heterocycles. The molecule has 0 saturated heterocycles. The van der Waals surface area contributed by atoms with Gasteiger partial charge in [-0.3, -0.25) is 0 Å². The Balaban J connectivity index is 2.18. The number of rotatable bonds is 2. The third kappa shape index (κ3) is 1.92. The van der Waals surface area contributed by atoms with Gasteiger partial charge in [0.05, 0.1) is 0 Å². The summed E-state index contributed by atoms with van der Waals surface area (Å²) >= 11 is 6.08. The van der Waals surface area contributed by atoms with Crippen LogP contribution < -0.4 is 5.32 Å². The zero-order valence-corrected chi connectivity index (χ0v) is 8.72. The van der Waals surface area contributed by atoms with E-state index in [1.807, 2.05) is 12.1 Å². The van der Waals surface area contributed by atoms with E-state index in [1.165, 1.54) is 11.1 Å². The molecule has 2 nitrogen and oxygen atoms in total. The number of aliphatic hydroxyl groups is 1. The molecule has 0 bridgehead atoms. The SMILES string of the molecule is OCCC1Cc2cccc(Cl)c2CN1. The van der Waals surface area contributed by atoms with Crippen molar-refractivity contribution < 1.29 is 5.11 Å². The molecule has 0 radical (unpaired) electrons. The topological polar surface area (TPSA) is 32.3 Å². The van der Waals surface area contributed by atoms with Crippen LogP contribution in [0.2, 0.25) is 5.02 Å². The lowest BCUT2D eigenvalue weighted by Gasteiger charge is -2.26. The van der Waals surface area contributed by atoms with Gasteiger partial charge in [0, 0.05) is 24.2 Å². The van der Waals surface area contributed by atoms with Crippen LogP contribution in [0.25, 0.3) is 0 Å². The summed E-state index contributed by atoms with van der Waals surface area (Å²) in [4.78, 5) is 0. The number of halogens is 1. The van der Waals surface area contributed by atoms with Crippen LogP contribution in [0.5, 0.6) is 0 Å². The van der Waals surface area contributed by atoms with Crippen molar-refractivity contribution in [1.82, 2.24) is 5.32 Å². The second-order valence-corrected chi connectivity index (χ2v) is 4.08. The Morgan fingerprint density at radius 3 is 3.14 bits per heavy atom. The monoisotopic (exact) mass is 211 g/mol. The van der Waals surface area contributed by atoms with Crippen molar-refractivity contribution >= 4 is 11.6 Å².